The number of ether oxygens (including phenoxy) is 1. The Kier molecular flexibility index (Phi) is 3.99. The number of nitrogens with one attached hydrogen (secondary N) is 1. The predicted molar refractivity (Wildman–Crippen MR) is 69.4 cm³/mol. The van der Waals surface area contributed by atoms with Gasteiger partial charge in [-0.3, -0.25) is 4.79 Å². The van der Waals surface area contributed by atoms with E-state index in [1.165, 1.54) is 0 Å². The Morgan fingerprint density at radius 3 is 2.89 bits per heavy atom. The van der Waals surface area contributed by atoms with Crippen molar-refractivity contribution in [3.05, 3.63) is 35.5 Å². The van der Waals surface area contributed by atoms with E-state index < -0.39 is 0 Å². The van der Waals surface area contributed by atoms with Crippen molar-refractivity contribution < 1.29 is 14.6 Å². The van der Waals surface area contributed by atoms with Gasteiger partial charge in [0.15, 0.2) is 0 Å². The molecule has 0 unspecified atom stereocenters. The number of para-hydroxylation sites is 1. The maximum atomic E-state index is 11.5. The van der Waals surface area contributed by atoms with Crippen molar-refractivity contribution in [3.8, 4) is 0 Å². The second-order valence-corrected chi connectivity index (χ2v) is 4.08. The molecule has 1 heterocycles. The lowest BCUT2D eigenvalue weighted by Gasteiger charge is -2.03. The van der Waals surface area contributed by atoms with Gasteiger partial charge in [0, 0.05) is 23.2 Å². The van der Waals surface area contributed by atoms with Crippen molar-refractivity contribution in [1.29, 1.82) is 0 Å². The van der Waals surface area contributed by atoms with Crippen molar-refractivity contribution >= 4 is 16.9 Å². The molecular weight excluding hydrogens is 230 g/mol. The summed E-state index contributed by atoms with van der Waals surface area (Å²) in [5.74, 6) is -0.247. The van der Waals surface area contributed by atoms with Gasteiger partial charge in [0.05, 0.1) is 13.0 Å². The molecule has 4 nitrogen and oxygen atoms in total. The number of carbonyl (C=O) groups excluding carboxylic acids is 1. The molecule has 0 aliphatic carbocycles. The molecule has 0 atom stereocenters. The van der Waals surface area contributed by atoms with Gasteiger partial charge in [-0.1, -0.05) is 18.2 Å². The molecule has 2 aromatic rings. The highest BCUT2D eigenvalue weighted by atomic mass is 16.5. The van der Waals surface area contributed by atoms with E-state index in [1.807, 2.05) is 24.3 Å². The Hall–Kier alpha value is -1.81. The summed E-state index contributed by atoms with van der Waals surface area (Å²) in [4.78, 5) is 14.8. The third-order valence-corrected chi connectivity index (χ3v) is 2.89. The average Bonchev–Trinajstić information content (AvgIpc) is 2.68. The maximum absolute atomic E-state index is 11.5. The van der Waals surface area contributed by atoms with E-state index in [4.69, 9.17) is 9.84 Å². The zero-order chi connectivity index (χ0) is 13.0. The van der Waals surface area contributed by atoms with Crippen molar-refractivity contribution in [2.75, 3.05) is 13.2 Å². The lowest BCUT2D eigenvalue weighted by Crippen LogP contribution is -2.09. The Morgan fingerprint density at radius 1 is 1.39 bits per heavy atom. The number of esters is 1. The number of H-pyrrole nitrogens is 1. The number of rotatable bonds is 5. The fourth-order valence-electron chi connectivity index (χ4n) is 2.16. The van der Waals surface area contributed by atoms with Crippen molar-refractivity contribution in [2.24, 2.45) is 0 Å². The first-order chi connectivity index (χ1) is 8.76. The fourth-order valence-corrected chi connectivity index (χ4v) is 2.16. The average molecular weight is 247 g/mol. The molecule has 18 heavy (non-hydrogen) atoms. The van der Waals surface area contributed by atoms with E-state index in [0.29, 0.717) is 13.0 Å². The standard InChI is InChI=1S/C14H17NO3/c1-2-18-14(17)9-13-11(7-8-16)10-5-3-4-6-12(10)15-13/h3-6,15-16H,2,7-9H2,1H3. The summed E-state index contributed by atoms with van der Waals surface area (Å²) < 4.78 is 4.95. The van der Waals surface area contributed by atoms with E-state index in [1.54, 1.807) is 6.92 Å². The summed E-state index contributed by atoms with van der Waals surface area (Å²) in [6, 6.07) is 7.84. The van der Waals surface area contributed by atoms with Crippen LogP contribution in [0.15, 0.2) is 24.3 Å². The molecule has 1 aromatic carbocycles. The first kappa shape index (κ1) is 12.6. The number of aliphatic hydroxyl groups is 1. The molecule has 0 saturated heterocycles. The van der Waals surface area contributed by atoms with Gasteiger partial charge in [0.25, 0.3) is 0 Å². The minimum atomic E-state index is -0.247. The highest BCUT2D eigenvalue weighted by molar-refractivity contribution is 5.86. The number of fused-ring (bicyclic) bond motifs is 1. The zero-order valence-electron chi connectivity index (χ0n) is 10.4. The van der Waals surface area contributed by atoms with Crippen LogP contribution in [0.25, 0.3) is 10.9 Å². The summed E-state index contributed by atoms with van der Waals surface area (Å²) in [5, 5.41) is 10.2. The van der Waals surface area contributed by atoms with Crippen LogP contribution in [0.4, 0.5) is 0 Å². The van der Waals surface area contributed by atoms with E-state index in [9.17, 15) is 4.79 Å². The summed E-state index contributed by atoms with van der Waals surface area (Å²) in [7, 11) is 0. The third-order valence-electron chi connectivity index (χ3n) is 2.89. The summed E-state index contributed by atoms with van der Waals surface area (Å²) in [6.07, 6.45) is 0.761. The molecule has 0 spiro atoms. The Morgan fingerprint density at radius 2 is 2.17 bits per heavy atom. The molecule has 2 N–H and O–H groups in total. The van der Waals surface area contributed by atoms with E-state index >= 15 is 0 Å². The normalized spacial score (nSPS) is 10.8. The summed E-state index contributed by atoms with van der Waals surface area (Å²) in [5.41, 5.74) is 2.82. The molecule has 0 bridgehead atoms. The zero-order valence-corrected chi connectivity index (χ0v) is 10.4. The Balaban J connectivity index is 2.36. The molecule has 0 aliphatic heterocycles. The van der Waals surface area contributed by atoms with Gasteiger partial charge in [0.2, 0.25) is 0 Å². The van der Waals surface area contributed by atoms with Gasteiger partial charge in [0.1, 0.15) is 0 Å². The molecule has 2 rings (SSSR count). The smallest absolute Gasteiger partial charge is 0.311 e. The molecule has 0 fully saturated rings. The van der Waals surface area contributed by atoms with Crippen molar-refractivity contribution in [1.82, 2.24) is 4.98 Å². The van der Waals surface area contributed by atoms with Gasteiger partial charge in [-0.05, 0) is 25.0 Å². The minimum absolute atomic E-state index is 0.0671. The molecule has 1 aromatic heterocycles. The van der Waals surface area contributed by atoms with Gasteiger partial charge in [-0.2, -0.15) is 0 Å². The summed E-state index contributed by atoms with van der Waals surface area (Å²) >= 11 is 0. The molecule has 0 amide bonds. The van der Waals surface area contributed by atoms with E-state index in [2.05, 4.69) is 4.98 Å². The number of carbonyl (C=O) groups is 1. The first-order valence-corrected chi connectivity index (χ1v) is 6.11. The molecular formula is C14H17NO3. The number of aromatic amines is 1. The van der Waals surface area contributed by atoms with Gasteiger partial charge >= 0.3 is 5.97 Å². The maximum Gasteiger partial charge on any atom is 0.311 e. The van der Waals surface area contributed by atoms with Crippen LogP contribution in [0.2, 0.25) is 0 Å². The monoisotopic (exact) mass is 247 g/mol. The van der Waals surface area contributed by atoms with Crippen molar-refractivity contribution in [2.45, 2.75) is 19.8 Å². The number of hydrogen-bond donors (Lipinski definition) is 2. The van der Waals surface area contributed by atoms with Crippen LogP contribution in [-0.4, -0.2) is 29.3 Å². The van der Waals surface area contributed by atoms with Crippen LogP contribution in [0.5, 0.6) is 0 Å². The van der Waals surface area contributed by atoms with Crippen LogP contribution < -0.4 is 0 Å². The lowest BCUT2D eigenvalue weighted by molar-refractivity contribution is -0.142. The Labute approximate surface area is 106 Å². The van der Waals surface area contributed by atoms with Gasteiger partial charge in [-0.25, -0.2) is 0 Å². The largest absolute Gasteiger partial charge is 0.466 e. The highest BCUT2D eigenvalue weighted by Gasteiger charge is 2.14. The Bertz CT molecular complexity index is 545. The number of aliphatic hydroxyl groups excluding tert-OH is 1. The first-order valence-electron chi connectivity index (χ1n) is 6.11. The van der Waals surface area contributed by atoms with Gasteiger partial charge in [-0.15, -0.1) is 0 Å². The highest BCUT2D eigenvalue weighted by Crippen LogP contribution is 2.23. The quantitative estimate of drug-likeness (QED) is 0.792. The SMILES string of the molecule is CCOC(=O)Cc1[nH]c2ccccc2c1CCO. The number of hydrogen-bond acceptors (Lipinski definition) is 3. The number of aromatic nitrogens is 1. The second kappa shape index (κ2) is 5.69. The van der Waals surface area contributed by atoms with Gasteiger partial charge < -0.3 is 14.8 Å². The van der Waals surface area contributed by atoms with Crippen LogP contribution in [0.3, 0.4) is 0 Å². The van der Waals surface area contributed by atoms with E-state index in [-0.39, 0.29) is 19.0 Å². The molecule has 0 saturated carbocycles. The fraction of sp³-hybridized carbons (Fsp3) is 0.357. The topological polar surface area (TPSA) is 62.3 Å². The lowest BCUT2D eigenvalue weighted by atomic mass is 10.1. The predicted octanol–water partition coefficient (Wildman–Crippen LogP) is 1.81. The molecule has 0 radical (unpaired) electrons. The van der Waals surface area contributed by atoms with Crippen LogP contribution in [-0.2, 0) is 22.4 Å². The summed E-state index contributed by atoms with van der Waals surface area (Å²) in [6.45, 7) is 2.24. The molecule has 4 heteroatoms. The van der Waals surface area contributed by atoms with Crippen molar-refractivity contribution in [3.63, 3.8) is 0 Å². The molecule has 0 aliphatic rings. The number of benzene rings is 1. The molecule has 96 valence electrons. The third kappa shape index (κ3) is 2.54. The van der Waals surface area contributed by atoms with Crippen LogP contribution in [0.1, 0.15) is 18.2 Å². The van der Waals surface area contributed by atoms with Crippen LogP contribution >= 0.6 is 0 Å². The van der Waals surface area contributed by atoms with Crippen LogP contribution in [0, 0.1) is 0 Å². The second-order valence-electron chi connectivity index (χ2n) is 4.08. The minimum Gasteiger partial charge on any atom is -0.466 e. The van der Waals surface area contributed by atoms with E-state index in [0.717, 1.165) is 22.2 Å².